The second-order valence-corrected chi connectivity index (χ2v) is 3.56. The summed E-state index contributed by atoms with van der Waals surface area (Å²) >= 11 is 0. The van der Waals surface area contributed by atoms with E-state index in [1.807, 2.05) is 0 Å². The molecule has 3 nitrogen and oxygen atoms in total. The lowest BCUT2D eigenvalue weighted by atomic mass is 10.2. The monoisotopic (exact) mass is 174 g/mol. The summed E-state index contributed by atoms with van der Waals surface area (Å²) in [5.41, 5.74) is 0. The van der Waals surface area contributed by atoms with E-state index in [1.54, 1.807) is 13.8 Å². The maximum Gasteiger partial charge on any atom is 0.164 e. The highest BCUT2D eigenvalue weighted by Crippen LogP contribution is 2.37. The van der Waals surface area contributed by atoms with Crippen molar-refractivity contribution >= 4 is 0 Å². The van der Waals surface area contributed by atoms with Gasteiger partial charge in [-0.3, -0.25) is 0 Å². The molecule has 2 rings (SSSR count). The van der Waals surface area contributed by atoms with Crippen LogP contribution in [0.2, 0.25) is 0 Å². The highest BCUT2D eigenvalue weighted by Gasteiger charge is 2.49. The molecular formula is C8H11FO3. The van der Waals surface area contributed by atoms with Crippen LogP contribution in [0.1, 0.15) is 13.8 Å². The van der Waals surface area contributed by atoms with Crippen molar-refractivity contribution in [1.29, 1.82) is 0 Å². The fraction of sp³-hybridized carbons (Fsp3) is 0.750. The second kappa shape index (κ2) is 2.28. The second-order valence-electron chi connectivity index (χ2n) is 3.56. The molecule has 0 spiro atoms. The van der Waals surface area contributed by atoms with Gasteiger partial charge in [-0.15, -0.1) is 0 Å². The Hall–Kier alpha value is -0.450. The zero-order valence-corrected chi connectivity index (χ0v) is 6.95. The molecule has 0 aromatic heterocycles. The van der Waals surface area contributed by atoms with Crippen molar-refractivity contribution in [2.24, 2.45) is 0 Å². The van der Waals surface area contributed by atoms with E-state index in [4.69, 9.17) is 9.47 Å². The zero-order chi connectivity index (χ0) is 8.93. The van der Waals surface area contributed by atoms with E-state index in [9.17, 15) is 9.50 Å². The minimum absolute atomic E-state index is 0.435. The van der Waals surface area contributed by atoms with Gasteiger partial charge in [0.25, 0.3) is 0 Å². The van der Waals surface area contributed by atoms with Gasteiger partial charge in [0, 0.05) is 0 Å². The van der Waals surface area contributed by atoms with Crippen molar-refractivity contribution in [2.45, 2.75) is 37.9 Å². The first-order chi connectivity index (χ1) is 5.49. The summed E-state index contributed by atoms with van der Waals surface area (Å²) in [6, 6.07) is 0. The molecule has 0 amide bonds. The molecular weight excluding hydrogens is 163 g/mol. The van der Waals surface area contributed by atoms with Crippen LogP contribution in [0.25, 0.3) is 0 Å². The number of hydrogen-bond acceptors (Lipinski definition) is 3. The topological polar surface area (TPSA) is 38.7 Å². The first-order valence-electron chi connectivity index (χ1n) is 3.90. The Balaban J connectivity index is 2.19. The van der Waals surface area contributed by atoms with Crippen molar-refractivity contribution < 1.29 is 19.0 Å². The van der Waals surface area contributed by atoms with Crippen LogP contribution in [0.4, 0.5) is 4.39 Å². The summed E-state index contributed by atoms with van der Waals surface area (Å²) in [5.74, 6) is -1.27. The summed E-state index contributed by atoms with van der Waals surface area (Å²) in [4.78, 5) is 0. The van der Waals surface area contributed by atoms with Crippen LogP contribution in [0.15, 0.2) is 11.9 Å². The molecule has 68 valence electrons. The highest BCUT2D eigenvalue weighted by molar-refractivity contribution is 5.18. The van der Waals surface area contributed by atoms with E-state index in [0.29, 0.717) is 0 Å². The maximum absolute atomic E-state index is 12.7. The van der Waals surface area contributed by atoms with Gasteiger partial charge >= 0.3 is 0 Å². The number of hydrogen-bond donors (Lipinski definition) is 1. The first-order valence-corrected chi connectivity index (χ1v) is 3.90. The SMILES string of the molecule is CC1(C)O[C@@H]2[C@@H](C=C(F)[C@@H]2O)O1. The minimum atomic E-state index is -1.16. The third kappa shape index (κ3) is 1.07. The third-order valence-electron chi connectivity index (χ3n) is 2.08. The molecule has 1 saturated heterocycles. The van der Waals surface area contributed by atoms with Gasteiger partial charge in [0.2, 0.25) is 0 Å². The average molecular weight is 174 g/mol. The third-order valence-corrected chi connectivity index (χ3v) is 2.08. The molecule has 0 saturated carbocycles. The highest BCUT2D eigenvalue weighted by atomic mass is 19.1. The van der Waals surface area contributed by atoms with E-state index in [-0.39, 0.29) is 0 Å². The molecule has 3 atom stereocenters. The van der Waals surface area contributed by atoms with Crippen LogP contribution < -0.4 is 0 Å². The summed E-state index contributed by atoms with van der Waals surface area (Å²) in [6.07, 6.45) is -0.892. The molecule has 0 radical (unpaired) electrons. The minimum Gasteiger partial charge on any atom is -0.383 e. The van der Waals surface area contributed by atoms with E-state index < -0.39 is 29.9 Å². The summed E-state index contributed by atoms with van der Waals surface area (Å²) in [6.45, 7) is 3.48. The molecule has 1 N–H and O–H groups in total. The smallest absolute Gasteiger partial charge is 0.164 e. The van der Waals surface area contributed by atoms with E-state index in [1.165, 1.54) is 6.08 Å². The fourth-order valence-electron chi connectivity index (χ4n) is 1.60. The fourth-order valence-corrected chi connectivity index (χ4v) is 1.60. The van der Waals surface area contributed by atoms with Crippen molar-refractivity contribution in [3.63, 3.8) is 0 Å². The van der Waals surface area contributed by atoms with Crippen LogP contribution in [0.5, 0.6) is 0 Å². The Bertz CT molecular complexity index is 236. The van der Waals surface area contributed by atoms with Crippen molar-refractivity contribution in [1.82, 2.24) is 0 Å². The molecule has 0 bridgehead atoms. The predicted molar refractivity (Wildman–Crippen MR) is 39.0 cm³/mol. The number of aliphatic hydroxyl groups excluding tert-OH is 1. The van der Waals surface area contributed by atoms with Gasteiger partial charge in [0.1, 0.15) is 24.1 Å². The normalized spacial score (nSPS) is 44.3. The molecule has 0 aromatic carbocycles. The van der Waals surface area contributed by atoms with Gasteiger partial charge in [0.05, 0.1) is 0 Å². The van der Waals surface area contributed by atoms with Crippen LogP contribution >= 0.6 is 0 Å². The van der Waals surface area contributed by atoms with Crippen molar-refractivity contribution in [3.05, 3.63) is 11.9 Å². The summed E-state index contributed by atoms with van der Waals surface area (Å²) < 4.78 is 23.3. The Kier molecular flexibility index (Phi) is 1.55. The van der Waals surface area contributed by atoms with Crippen LogP contribution in [-0.2, 0) is 9.47 Å². The van der Waals surface area contributed by atoms with Gasteiger partial charge in [-0.1, -0.05) is 0 Å². The van der Waals surface area contributed by atoms with Crippen molar-refractivity contribution in [3.8, 4) is 0 Å². The molecule has 1 aliphatic carbocycles. The van der Waals surface area contributed by atoms with E-state index >= 15 is 0 Å². The number of halogens is 1. The quantitative estimate of drug-likeness (QED) is 0.588. The average Bonchev–Trinajstić information content (AvgIpc) is 2.33. The molecule has 2 aliphatic rings. The number of fused-ring (bicyclic) bond motifs is 1. The lowest BCUT2D eigenvalue weighted by Gasteiger charge is -2.18. The van der Waals surface area contributed by atoms with Gasteiger partial charge in [0.15, 0.2) is 5.79 Å². The Morgan fingerprint density at radius 3 is 2.75 bits per heavy atom. The van der Waals surface area contributed by atoms with Gasteiger partial charge in [-0.2, -0.15) is 0 Å². The lowest BCUT2D eigenvalue weighted by molar-refractivity contribution is -0.154. The van der Waals surface area contributed by atoms with Crippen LogP contribution in [0.3, 0.4) is 0 Å². The molecule has 0 unspecified atom stereocenters. The van der Waals surface area contributed by atoms with Gasteiger partial charge in [-0.25, -0.2) is 4.39 Å². The largest absolute Gasteiger partial charge is 0.383 e. The van der Waals surface area contributed by atoms with Gasteiger partial charge in [-0.05, 0) is 19.9 Å². The molecule has 12 heavy (non-hydrogen) atoms. The van der Waals surface area contributed by atoms with Crippen molar-refractivity contribution in [2.75, 3.05) is 0 Å². The number of aliphatic hydroxyl groups is 1. The Labute approximate surface area is 69.8 Å². The zero-order valence-electron chi connectivity index (χ0n) is 6.95. The van der Waals surface area contributed by atoms with E-state index in [0.717, 1.165) is 0 Å². The molecule has 1 heterocycles. The first kappa shape index (κ1) is 8.16. The number of ether oxygens (including phenoxy) is 2. The lowest BCUT2D eigenvalue weighted by Crippen LogP contribution is -2.29. The van der Waals surface area contributed by atoms with Crippen LogP contribution in [-0.4, -0.2) is 29.2 Å². The summed E-state index contributed by atoms with van der Waals surface area (Å²) in [7, 11) is 0. The standard InChI is InChI=1S/C8H11FO3/c1-8(2)11-5-3-4(9)6(10)7(5)12-8/h3,5-7,10H,1-2H3/t5-,6+,7-/m1/s1. The van der Waals surface area contributed by atoms with E-state index in [2.05, 4.69) is 0 Å². The number of rotatable bonds is 0. The maximum atomic E-state index is 12.7. The molecule has 4 heteroatoms. The Morgan fingerprint density at radius 1 is 1.50 bits per heavy atom. The molecule has 1 aliphatic heterocycles. The van der Waals surface area contributed by atoms with Gasteiger partial charge < -0.3 is 14.6 Å². The predicted octanol–water partition coefficient (Wildman–Crippen LogP) is 0.734. The van der Waals surface area contributed by atoms with Crippen LogP contribution in [0, 0.1) is 0 Å². The summed E-state index contributed by atoms with van der Waals surface area (Å²) in [5, 5.41) is 9.25. The molecule has 1 fully saturated rings. The molecule has 0 aromatic rings. The Morgan fingerprint density at radius 2 is 2.17 bits per heavy atom.